The van der Waals surface area contributed by atoms with E-state index in [0.29, 0.717) is 22.5 Å². The Kier molecular flexibility index (Phi) is 2.69. The minimum absolute atomic E-state index is 0.0489. The molecule has 1 fully saturated rings. The van der Waals surface area contributed by atoms with Gasteiger partial charge < -0.3 is 4.98 Å². The van der Waals surface area contributed by atoms with Crippen LogP contribution in [0, 0.1) is 6.92 Å². The molecule has 4 heteroatoms. The van der Waals surface area contributed by atoms with Crippen molar-refractivity contribution < 1.29 is 13.2 Å². The summed E-state index contributed by atoms with van der Waals surface area (Å²) in [4.78, 5) is 2.96. The predicted octanol–water partition coefficient (Wildman–Crippen LogP) is 4.89. The molecule has 0 amide bonds. The highest BCUT2D eigenvalue weighted by atomic mass is 19.4. The lowest BCUT2D eigenvalue weighted by atomic mass is 9.99. The highest BCUT2D eigenvalue weighted by Gasteiger charge is 2.42. The van der Waals surface area contributed by atoms with E-state index in [-0.39, 0.29) is 5.92 Å². The summed E-state index contributed by atoms with van der Waals surface area (Å²) in [7, 11) is 0. The quantitative estimate of drug-likeness (QED) is 0.796. The minimum Gasteiger partial charge on any atom is -0.361 e. The van der Waals surface area contributed by atoms with E-state index >= 15 is 0 Å². The summed E-state index contributed by atoms with van der Waals surface area (Å²) in [6.45, 7) is 1.71. The average molecular weight is 265 g/mol. The fourth-order valence-corrected chi connectivity index (χ4v) is 2.59. The van der Waals surface area contributed by atoms with Crippen LogP contribution in [0.1, 0.15) is 35.7 Å². The maximum absolute atomic E-state index is 13.4. The van der Waals surface area contributed by atoms with Crippen molar-refractivity contribution in [1.29, 1.82) is 0 Å². The Morgan fingerprint density at radius 3 is 2.26 bits per heavy atom. The standard InChI is InChI=1S/C15H14F3N/c1-9-12(10-5-3-2-4-6-10)13(15(16,17)18)14(19-9)11-7-8-11/h2-6,11,19H,7-8H2,1H3. The molecular formula is C15H14F3N. The Bertz CT molecular complexity index is 592. The van der Waals surface area contributed by atoms with E-state index in [0.717, 1.165) is 12.8 Å². The van der Waals surface area contributed by atoms with Gasteiger partial charge in [0.2, 0.25) is 0 Å². The van der Waals surface area contributed by atoms with Crippen molar-refractivity contribution in [2.24, 2.45) is 0 Å². The number of alkyl halides is 3. The summed E-state index contributed by atoms with van der Waals surface area (Å²) in [6, 6.07) is 8.78. The molecule has 0 atom stereocenters. The zero-order chi connectivity index (χ0) is 13.6. The fourth-order valence-electron chi connectivity index (χ4n) is 2.59. The first-order chi connectivity index (χ1) is 8.98. The van der Waals surface area contributed by atoms with Crippen molar-refractivity contribution in [2.75, 3.05) is 0 Å². The molecule has 1 N–H and O–H groups in total. The third kappa shape index (κ3) is 2.15. The number of hydrogen-bond donors (Lipinski definition) is 1. The van der Waals surface area contributed by atoms with Gasteiger partial charge in [-0.15, -0.1) is 0 Å². The van der Waals surface area contributed by atoms with Crippen LogP contribution in [0.15, 0.2) is 30.3 Å². The van der Waals surface area contributed by atoms with Crippen LogP contribution in [0.25, 0.3) is 11.1 Å². The predicted molar refractivity (Wildman–Crippen MR) is 67.9 cm³/mol. The summed E-state index contributed by atoms with van der Waals surface area (Å²) >= 11 is 0. The van der Waals surface area contributed by atoms with E-state index in [1.807, 2.05) is 0 Å². The van der Waals surface area contributed by atoms with Crippen molar-refractivity contribution in [3.63, 3.8) is 0 Å². The van der Waals surface area contributed by atoms with Crippen molar-refractivity contribution in [3.05, 3.63) is 47.3 Å². The zero-order valence-corrected chi connectivity index (χ0v) is 10.5. The van der Waals surface area contributed by atoms with Crippen molar-refractivity contribution in [1.82, 2.24) is 4.98 Å². The van der Waals surface area contributed by atoms with Crippen molar-refractivity contribution in [3.8, 4) is 11.1 Å². The van der Waals surface area contributed by atoms with Crippen LogP contribution >= 0.6 is 0 Å². The molecule has 1 aromatic heterocycles. The number of H-pyrrole nitrogens is 1. The van der Waals surface area contributed by atoms with E-state index in [4.69, 9.17) is 0 Å². The number of aryl methyl sites for hydroxylation is 1. The van der Waals surface area contributed by atoms with Gasteiger partial charge in [-0.25, -0.2) is 0 Å². The van der Waals surface area contributed by atoms with Gasteiger partial charge in [-0.05, 0) is 31.2 Å². The molecular weight excluding hydrogens is 251 g/mol. The summed E-state index contributed by atoms with van der Waals surface area (Å²) in [6.07, 6.45) is -2.62. The number of rotatable bonds is 2. The van der Waals surface area contributed by atoms with Crippen LogP contribution in [-0.4, -0.2) is 4.98 Å². The van der Waals surface area contributed by atoms with E-state index in [9.17, 15) is 13.2 Å². The lowest BCUT2D eigenvalue weighted by Gasteiger charge is -2.11. The average Bonchev–Trinajstić information content (AvgIpc) is 3.12. The van der Waals surface area contributed by atoms with Crippen molar-refractivity contribution in [2.45, 2.75) is 31.9 Å². The lowest BCUT2D eigenvalue weighted by Crippen LogP contribution is -2.08. The molecule has 3 rings (SSSR count). The second kappa shape index (κ2) is 4.15. The number of benzene rings is 1. The number of halogens is 3. The number of nitrogens with one attached hydrogen (secondary N) is 1. The van der Waals surface area contributed by atoms with Gasteiger partial charge in [0.1, 0.15) is 0 Å². The normalized spacial score (nSPS) is 15.8. The smallest absolute Gasteiger partial charge is 0.361 e. The van der Waals surface area contributed by atoms with E-state index in [1.165, 1.54) is 0 Å². The molecule has 1 nitrogen and oxygen atoms in total. The lowest BCUT2D eigenvalue weighted by molar-refractivity contribution is -0.137. The van der Waals surface area contributed by atoms with Gasteiger partial charge in [-0.3, -0.25) is 0 Å². The second-order valence-corrected chi connectivity index (χ2v) is 5.05. The Hall–Kier alpha value is -1.71. The van der Waals surface area contributed by atoms with Gasteiger partial charge >= 0.3 is 6.18 Å². The maximum Gasteiger partial charge on any atom is 0.418 e. The van der Waals surface area contributed by atoms with Crippen LogP contribution in [0.2, 0.25) is 0 Å². The van der Waals surface area contributed by atoms with Crippen LogP contribution in [0.4, 0.5) is 13.2 Å². The van der Waals surface area contributed by atoms with Gasteiger partial charge in [0.05, 0.1) is 5.56 Å². The molecule has 1 aliphatic rings. The van der Waals surface area contributed by atoms with Crippen LogP contribution in [-0.2, 0) is 6.18 Å². The van der Waals surface area contributed by atoms with Gasteiger partial charge in [0.15, 0.2) is 0 Å². The first-order valence-electron chi connectivity index (χ1n) is 6.33. The van der Waals surface area contributed by atoms with E-state index in [1.54, 1.807) is 37.3 Å². The summed E-state index contributed by atoms with van der Waals surface area (Å²) in [5.41, 5.74) is 1.41. The molecule has 1 aromatic carbocycles. The molecule has 0 radical (unpaired) electrons. The summed E-state index contributed by atoms with van der Waals surface area (Å²) < 4.78 is 40.1. The Balaban J connectivity index is 2.23. The van der Waals surface area contributed by atoms with Crippen LogP contribution in [0.3, 0.4) is 0 Å². The van der Waals surface area contributed by atoms with E-state index in [2.05, 4.69) is 4.98 Å². The topological polar surface area (TPSA) is 15.8 Å². The first kappa shape index (κ1) is 12.3. The number of aromatic amines is 1. The molecule has 1 heterocycles. The third-order valence-electron chi connectivity index (χ3n) is 3.55. The van der Waals surface area contributed by atoms with Crippen molar-refractivity contribution >= 4 is 0 Å². The maximum atomic E-state index is 13.4. The largest absolute Gasteiger partial charge is 0.418 e. The molecule has 0 bridgehead atoms. The van der Waals surface area contributed by atoms with Gasteiger partial charge in [-0.2, -0.15) is 13.2 Å². The molecule has 2 aromatic rings. The third-order valence-corrected chi connectivity index (χ3v) is 3.55. The molecule has 0 aliphatic heterocycles. The minimum atomic E-state index is -4.31. The van der Waals surface area contributed by atoms with E-state index < -0.39 is 11.7 Å². The van der Waals surface area contributed by atoms with Gasteiger partial charge in [-0.1, -0.05) is 30.3 Å². The Labute approximate surface area is 109 Å². The monoisotopic (exact) mass is 265 g/mol. The summed E-state index contributed by atoms with van der Waals surface area (Å²) in [5.74, 6) is 0.0489. The molecule has 0 saturated heterocycles. The van der Waals surface area contributed by atoms with Crippen LogP contribution in [0.5, 0.6) is 0 Å². The molecule has 100 valence electrons. The Morgan fingerprint density at radius 1 is 1.11 bits per heavy atom. The molecule has 1 saturated carbocycles. The second-order valence-electron chi connectivity index (χ2n) is 5.05. The molecule has 19 heavy (non-hydrogen) atoms. The zero-order valence-electron chi connectivity index (χ0n) is 10.5. The van der Waals surface area contributed by atoms with Gasteiger partial charge in [0.25, 0.3) is 0 Å². The fraction of sp³-hybridized carbons (Fsp3) is 0.333. The highest BCUT2D eigenvalue weighted by molar-refractivity contribution is 5.72. The number of aromatic nitrogens is 1. The highest BCUT2D eigenvalue weighted by Crippen LogP contribution is 2.49. The summed E-state index contributed by atoms with van der Waals surface area (Å²) in [5, 5.41) is 0. The number of hydrogen-bond acceptors (Lipinski definition) is 0. The molecule has 1 aliphatic carbocycles. The molecule has 0 spiro atoms. The molecule has 0 unspecified atom stereocenters. The Morgan fingerprint density at radius 2 is 1.74 bits per heavy atom. The SMILES string of the molecule is Cc1[nH]c(C2CC2)c(C(F)(F)F)c1-c1ccccc1. The first-order valence-corrected chi connectivity index (χ1v) is 6.33. The van der Waals surface area contributed by atoms with Crippen LogP contribution < -0.4 is 0 Å². The van der Waals surface area contributed by atoms with Gasteiger partial charge in [0, 0.05) is 17.0 Å².